The summed E-state index contributed by atoms with van der Waals surface area (Å²) in [6.45, 7) is 0. The van der Waals surface area contributed by atoms with Crippen LogP contribution in [0.2, 0.25) is 5.02 Å². The van der Waals surface area contributed by atoms with E-state index in [0.717, 1.165) is 44.9 Å². The minimum absolute atomic E-state index is 0.656. The number of carbonyl (C=O) groups is 1. The molecule has 4 heteroatoms. The van der Waals surface area contributed by atoms with E-state index in [9.17, 15) is 4.79 Å². The number of halogens is 1. The van der Waals surface area contributed by atoms with Crippen LogP contribution in [0, 0.1) is 0 Å². The highest BCUT2D eigenvalue weighted by Gasteiger charge is 2.13. The van der Waals surface area contributed by atoms with Crippen LogP contribution in [0.1, 0.15) is 21.6 Å². The van der Waals surface area contributed by atoms with Crippen molar-refractivity contribution in [3.8, 4) is 0 Å². The van der Waals surface area contributed by atoms with Gasteiger partial charge in [-0.1, -0.05) is 41.9 Å². The summed E-state index contributed by atoms with van der Waals surface area (Å²) in [5, 5.41) is 2.75. The van der Waals surface area contributed by atoms with Gasteiger partial charge < -0.3 is 9.97 Å². The van der Waals surface area contributed by atoms with Crippen LogP contribution in [-0.2, 0) is 6.42 Å². The summed E-state index contributed by atoms with van der Waals surface area (Å²) in [5.41, 5.74) is 4.69. The van der Waals surface area contributed by atoms with E-state index in [-0.39, 0.29) is 0 Å². The van der Waals surface area contributed by atoms with Gasteiger partial charge in [0.15, 0.2) is 6.29 Å². The Hall–Kier alpha value is -2.52. The Balaban J connectivity index is 1.86. The first-order chi connectivity index (χ1) is 10.8. The van der Waals surface area contributed by atoms with Crippen molar-refractivity contribution >= 4 is 39.7 Å². The summed E-state index contributed by atoms with van der Waals surface area (Å²) in [6, 6.07) is 13.7. The molecule has 0 saturated carbocycles. The minimum atomic E-state index is 0.656. The van der Waals surface area contributed by atoms with Crippen LogP contribution in [0.25, 0.3) is 21.8 Å². The summed E-state index contributed by atoms with van der Waals surface area (Å²) < 4.78 is 0. The minimum Gasteiger partial charge on any atom is -0.360 e. The van der Waals surface area contributed by atoms with Gasteiger partial charge in [0.2, 0.25) is 0 Å². The van der Waals surface area contributed by atoms with E-state index in [1.54, 1.807) is 0 Å². The van der Waals surface area contributed by atoms with Crippen molar-refractivity contribution < 1.29 is 4.79 Å². The molecule has 0 aliphatic heterocycles. The number of benzene rings is 2. The van der Waals surface area contributed by atoms with E-state index < -0.39 is 0 Å². The van der Waals surface area contributed by atoms with Gasteiger partial charge in [0.25, 0.3) is 0 Å². The van der Waals surface area contributed by atoms with E-state index >= 15 is 0 Å². The molecule has 2 N–H and O–H groups in total. The van der Waals surface area contributed by atoms with Crippen molar-refractivity contribution in [2.24, 2.45) is 0 Å². The first-order valence-electron chi connectivity index (χ1n) is 7.07. The highest BCUT2D eigenvalue weighted by Crippen LogP contribution is 2.28. The molecule has 0 aliphatic carbocycles. The van der Waals surface area contributed by atoms with Crippen LogP contribution >= 0.6 is 11.6 Å². The summed E-state index contributed by atoms with van der Waals surface area (Å²) in [5.74, 6) is 0. The molecule has 0 saturated heterocycles. The van der Waals surface area contributed by atoms with Crippen LogP contribution in [0.15, 0.2) is 48.7 Å². The lowest BCUT2D eigenvalue weighted by Crippen LogP contribution is -1.92. The second-order valence-corrected chi connectivity index (χ2v) is 5.74. The van der Waals surface area contributed by atoms with E-state index in [2.05, 4.69) is 9.97 Å². The van der Waals surface area contributed by atoms with Crippen molar-refractivity contribution in [3.05, 3.63) is 70.5 Å². The van der Waals surface area contributed by atoms with Gasteiger partial charge in [0.1, 0.15) is 0 Å². The SMILES string of the molecule is O=Cc1c(Cc2c[nH]c3c(Cl)cccc23)[nH]c2ccccc12. The molecule has 2 heterocycles. The molecule has 22 heavy (non-hydrogen) atoms. The number of H-pyrrole nitrogens is 2. The molecule has 0 radical (unpaired) electrons. The molecule has 0 fully saturated rings. The number of hydrogen-bond donors (Lipinski definition) is 2. The molecular formula is C18H13ClN2O. The fourth-order valence-corrected chi connectivity index (χ4v) is 3.23. The predicted molar refractivity (Wildman–Crippen MR) is 89.8 cm³/mol. The largest absolute Gasteiger partial charge is 0.360 e. The number of rotatable bonds is 3. The Kier molecular flexibility index (Phi) is 3.01. The van der Waals surface area contributed by atoms with Gasteiger partial charge in [-0.05, 0) is 17.7 Å². The van der Waals surface area contributed by atoms with Crippen LogP contribution < -0.4 is 0 Å². The Labute approximate surface area is 131 Å². The molecule has 0 unspecified atom stereocenters. The summed E-state index contributed by atoms with van der Waals surface area (Å²) in [7, 11) is 0. The van der Waals surface area contributed by atoms with Crippen molar-refractivity contribution in [2.45, 2.75) is 6.42 Å². The standard InChI is InChI=1S/C18H13ClN2O/c19-15-6-3-5-12-11(9-20-18(12)15)8-17-14(10-22)13-4-1-2-7-16(13)21-17/h1-7,9-10,20-21H,8H2. The molecule has 2 aromatic heterocycles. The molecular weight excluding hydrogens is 296 g/mol. The third-order valence-electron chi connectivity index (χ3n) is 4.06. The van der Waals surface area contributed by atoms with Gasteiger partial charge in [-0.15, -0.1) is 0 Å². The van der Waals surface area contributed by atoms with Crippen molar-refractivity contribution in [2.75, 3.05) is 0 Å². The van der Waals surface area contributed by atoms with E-state index in [0.29, 0.717) is 11.4 Å². The van der Waals surface area contributed by atoms with Crippen LogP contribution in [-0.4, -0.2) is 16.3 Å². The first kappa shape index (κ1) is 13.2. The van der Waals surface area contributed by atoms with Gasteiger partial charge in [-0.25, -0.2) is 0 Å². The fraction of sp³-hybridized carbons (Fsp3) is 0.0556. The lowest BCUT2D eigenvalue weighted by Gasteiger charge is -2.00. The van der Waals surface area contributed by atoms with E-state index in [4.69, 9.17) is 11.6 Å². The van der Waals surface area contributed by atoms with Crippen LogP contribution in [0.3, 0.4) is 0 Å². The predicted octanol–water partition coefficient (Wildman–Crippen LogP) is 4.71. The number of fused-ring (bicyclic) bond motifs is 2. The Bertz CT molecular complexity index is 997. The lowest BCUT2D eigenvalue weighted by atomic mass is 10.0. The Morgan fingerprint density at radius 2 is 1.86 bits per heavy atom. The van der Waals surface area contributed by atoms with Crippen molar-refractivity contribution in [1.82, 2.24) is 9.97 Å². The second kappa shape index (κ2) is 5.04. The van der Waals surface area contributed by atoms with Gasteiger partial charge in [0, 0.05) is 40.2 Å². The number of aromatic amines is 2. The Morgan fingerprint density at radius 3 is 2.73 bits per heavy atom. The van der Waals surface area contributed by atoms with Gasteiger partial charge >= 0.3 is 0 Å². The quantitative estimate of drug-likeness (QED) is 0.529. The zero-order valence-corrected chi connectivity index (χ0v) is 12.4. The summed E-state index contributed by atoms with van der Waals surface area (Å²) >= 11 is 6.20. The highest BCUT2D eigenvalue weighted by molar-refractivity contribution is 6.35. The van der Waals surface area contributed by atoms with E-state index in [1.165, 1.54) is 0 Å². The maximum atomic E-state index is 11.5. The van der Waals surface area contributed by atoms with Crippen LogP contribution in [0.4, 0.5) is 0 Å². The molecule has 3 nitrogen and oxygen atoms in total. The molecule has 0 bridgehead atoms. The lowest BCUT2D eigenvalue weighted by molar-refractivity contribution is 0.112. The molecule has 4 aromatic rings. The van der Waals surface area contributed by atoms with Gasteiger partial charge in [0.05, 0.1) is 10.5 Å². The number of carbonyl (C=O) groups excluding carboxylic acids is 1. The van der Waals surface area contributed by atoms with Crippen molar-refractivity contribution in [3.63, 3.8) is 0 Å². The normalized spacial score (nSPS) is 11.3. The zero-order chi connectivity index (χ0) is 15.1. The van der Waals surface area contributed by atoms with Crippen LogP contribution in [0.5, 0.6) is 0 Å². The molecule has 0 spiro atoms. The zero-order valence-electron chi connectivity index (χ0n) is 11.7. The number of aromatic nitrogens is 2. The van der Waals surface area contributed by atoms with Crippen molar-refractivity contribution in [1.29, 1.82) is 0 Å². The molecule has 2 aromatic carbocycles. The highest BCUT2D eigenvalue weighted by atomic mass is 35.5. The molecule has 0 atom stereocenters. The number of hydrogen-bond acceptors (Lipinski definition) is 1. The second-order valence-electron chi connectivity index (χ2n) is 5.33. The molecule has 0 amide bonds. The molecule has 4 rings (SSSR count). The average molecular weight is 309 g/mol. The van der Waals surface area contributed by atoms with E-state index in [1.807, 2.05) is 48.7 Å². The monoisotopic (exact) mass is 308 g/mol. The maximum absolute atomic E-state index is 11.5. The third-order valence-corrected chi connectivity index (χ3v) is 4.38. The maximum Gasteiger partial charge on any atom is 0.152 e. The number of nitrogens with one attached hydrogen (secondary N) is 2. The molecule has 0 aliphatic rings. The van der Waals surface area contributed by atoms with Gasteiger partial charge in [-0.3, -0.25) is 4.79 Å². The number of para-hydroxylation sites is 2. The number of aldehydes is 1. The average Bonchev–Trinajstić information content (AvgIpc) is 3.09. The summed E-state index contributed by atoms with van der Waals surface area (Å²) in [4.78, 5) is 18.1. The first-order valence-corrected chi connectivity index (χ1v) is 7.45. The summed E-state index contributed by atoms with van der Waals surface area (Å²) in [6.07, 6.45) is 3.54. The third kappa shape index (κ3) is 1.94. The topological polar surface area (TPSA) is 48.6 Å². The Morgan fingerprint density at radius 1 is 1.05 bits per heavy atom. The smallest absolute Gasteiger partial charge is 0.152 e. The fourth-order valence-electron chi connectivity index (χ4n) is 3.01. The molecule has 108 valence electrons. The van der Waals surface area contributed by atoms with Gasteiger partial charge in [-0.2, -0.15) is 0 Å².